The molecule has 3 rings (SSSR count). The molecule has 3 amide bonds. The van der Waals surface area contributed by atoms with E-state index >= 15 is 0 Å². The SMILES string of the molecule is O=C(NC(=O)c1c(Cl)cccc1Cl)Nc1cnn(-c2ccc(Br)cc2)c(=O)c1Cl. The standard InChI is InChI=1S/C18H10BrCl3N4O3/c19-9-4-6-10(7-5-9)26-17(28)15(22)13(8-23-26)24-18(29)25-16(27)14-11(20)2-1-3-12(14)21/h1-8H,(H2,24,25,27,29). The molecule has 148 valence electrons. The van der Waals surface area contributed by atoms with Crippen molar-refractivity contribution in [1.82, 2.24) is 15.1 Å². The van der Waals surface area contributed by atoms with Crippen LogP contribution in [0.2, 0.25) is 15.1 Å². The van der Waals surface area contributed by atoms with Crippen LogP contribution in [0.5, 0.6) is 0 Å². The van der Waals surface area contributed by atoms with Crippen molar-refractivity contribution >= 4 is 68.4 Å². The Morgan fingerprint density at radius 1 is 1.00 bits per heavy atom. The van der Waals surface area contributed by atoms with Crippen molar-refractivity contribution in [2.75, 3.05) is 5.32 Å². The third-order valence-electron chi connectivity index (χ3n) is 3.66. The van der Waals surface area contributed by atoms with Crippen LogP contribution in [0.1, 0.15) is 10.4 Å². The van der Waals surface area contributed by atoms with Crippen molar-refractivity contribution in [2.24, 2.45) is 0 Å². The second-order valence-electron chi connectivity index (χ2n) is 5.57. The lowest BCUT2D eigenvalue weighted by Gasteiger charge is -2.11. The van der Waals surface area contributed by atoms with Gasteiger partial charge in [-0.05, 0) is 36.4 Å². The number of halogens is 4. The van der Waals surface area contributed by atoms with Gasteiger partial charge in [0.2, 0.25) is 0 Å². The largest absolute Gasteiger partial charge is 0.326 e. The summed E-state index contributed by atoms with van der Waals surface area (Å²) in [6.45, 7) is 0. The highest BCUT2D eigenvalue weighted by molar-refractivity contribution is 9.10. The number of urea groups is 1. The highest BCUT2D eigenvalue weighted by Crippen LogP contribution is 2.24. The molecule has 2 N–H and O–H groups in total. The van der Waals surface area contributed by atoms with Gasteiger partial charge in [-0.1, -0.05) is 56.8 Å². The van der Waals surface area contributed by atoms with Crippen LogP contribution in [-0.2, 0) is 0 Å². The summed E-state index contributed by atoms with van der Waals surface area (Å²) in [6.07, 6.45) is 1.19. The van der Waals surface area contributed by atoms with E-state index in [1.165, 1.54) is 18.3 Å². The molecule has 3 aromatic rings. The number of carbonyl (C=O) groups excluding carboxylic acids is 2. The van der Waals surface area contributed by atoms with E-state index in [1.807, 2.05) is 0 Å². The van der Waals surface area contributed by atoms with Gasteiger partial charge in [-0.25, -0.2) is 4.79 Å². The zero-order valence-electron chi connectivity index (χ0n) is 14.2. The van der Waals surface area contributed by atoms with E-state index < -0.39 is 17.5 Å². The molecule has 0 radical (unpaired) electrons. The van der Waals surface area contributed by atoms with Crippen LogP contribution in [0.3, 0.4) is 0 Å². The van der Waals surface area contributed by atoms with Crippen molar-refractivity contribution in [3.05, 3.63) is 84.1 Å². The molecule has 0 spiro atoms. The van der Waals surface area contributed by atoms with Gasteiger partial charge in [0, 0.05) is 4.47 Å². The Kier molecular flexibility index (Phi) is 6.59. The summed E-state index contributed by atoms with van der Waals surface area (Å²) in [5, 5.41) is 8.26. The highest BCUT2D eigenvalue weighted by atomic mass is 79.9. The van der Waals surface area contributed by atoms with Gasteiger partial charge in [0.05, 0.1) is 33.2 Å². The number of imide groups is 1. The van der Waals surface area contributed by atoms with Crippen molar-refractivity contribution < 1.29 is 9.59 Å². The van der Waals surface area contributed by atoms with E-state index in [2.05, 4.69) is 31.7 Å². The van der Waals surface area contributed by atoms with E-state index in [0.717, 1.165) is 9.15 Å². The predicted molar refractivity (Wildman–Crippen MR) is 115 cm³/mol. The monoisotopic (exact) mass is 514 g/mol. The number of carbonyl (C=O) groups is 2. The second-order valence-corrected chi connectivity index (χ2v) is 7.68. The van der Waals surface area contributed by atoms with E-state index in [1.54, 1.807) is 30.3 Å². The number of nitrogens with one attached hydrogen (secondary N) is 2. The summed E-state index contributed by atoms with van der Waals surface area (Å²) in [5.41, 5.74) is -0.284. The van der Waals surface area contributed by atoms with Crippen LogP contribution in [0, 0.1) is 0 Å². The van der Waals surface area contributed by atoms with Gasteiger partial charge >= 0.3 is 6.03 Å². The maximum atomic E-state index is 12.5. The molecule has 2 aromatic carbocycles. The third-order valence-corrected chi connectivity index (χ3v) is 5.18. The van der Waals surface area contributed by atoms with Gasteiger partial charge in [0.15, 0.2) is 0 Å². The number of rotatable bonds is 3. The number of anilines is 1. The summed E-state index contributed by atoms with van der Waals surface area (Å²) in [5.74, 6) is -0.814. The molecule has 0 unspecified atom stereocenters. The Labute approximate surface area is 187 Å². The summed E-state index contributed by atoms with van der Waals surface area (Å²) in [7, 11) is 0. The van der Waals surface area contributed by atoms with Gasteiger partial charge in [0.25, 0.3) is 11.5 Å². The number of aromatic nitrogens is 2. The zero-order valence-corrected chi connectivity index (χ0v) is 18.1. The Balaban J connectivity index is 1.79. The first-order valence-corrected chi connectivity index (χ1v) is 9.80. The quantitative estimate of drug-likeness (QED) is 0.517. The molecule has 29 heavy (non-hydrogen) atoms. The van der Waals surface area contributed by atoms with Crippen LogP contribution in [0.25, 0.3) is 5.69 Å². The van der Waals surface area contributed by atoms with Crippen LogP contribution >= 0.6 is 50.7 Å². The summed E-state index contributed by atoms with van der Waals surface area (Å²) in [6, 6.07) is 10.4. The number of nitrogens with zero attached hydrogens (tertiary/aromatic N) is 2. The minimum Gasteiger partial charge on any atom is -0.305 e. The molecule has 0 atom stereocenters. The predicted octanol–water partition coefficient (Wildman–Crippen LogP) is 4.92. The normalized spacial score (nSPS) is 10.5. The highest BCUT2D eigenvalue weighted by Gasteiger charge is 2.19. The molecule has 0 saturated heterocycles. The number of hydrogen-bond donors (Lipinski definition) is 2. The topological polar surface area (TPSA) is 93.1 Å². The maximum absolute atomic E-state index is 12.5. The molecule has 0 bridgehead atoms. The molecular formula is C18H10BrCl3N4O3. The van der Waals surface area contributed by atoms with E-state index in [9.17, 15) is 14.4 Å². The molecule has 1 aromatic heterocycles. The average molecular weight is 517 g/mol. The first-order chi connectivity index (χ1) is 13.8. The summed E-state index contributed by atoms with van der Waals surface area (Å²) >= 11 is 21.3. The van der Waals surface area contributed by atoms with E-state index in [-0.39, 0.29) is 26.3 Å². The molecule has 7 nitrogen and oxygen atoms in total. The van der Waals surface area contributed by atoms with Gasteiger partial charge < -0.3 is 5.32 Å². The van der Waals surface area contributed by atoms with Crippen molar-refractivity contribution in [1.29, 1.82) is 0 Å². The second kappa shape index (κ2) is 8.96. The molecule has 0 fully saturated rings. The average Bonchev–Trinajstić information content (AvgIpc) is 2.66. The molecule has 0 aliphatic carbocycles. The smallest absolute Gasteiger partial charge is 0.305 e. The lowest BCUT2D eigenvalue weighted by molar-refractivity contribution is 0.0967. The Hall–Kier alpha value is -2.39. The minimum absolute atomic E-state index is 0.0548. The van der Waals surface area contributed by atoms with Gasteiger partial charge in [0.1, 0.15) is 5.02 Å². The van der Waals surface area contributed by atoms with Crippen molar-refractivity contribution in [3.63, 3.8) is 0 Å². The van der Waals surface area contributed by atoms with Crippen LogP contribution in [-0.4, -0.2) is 21.7 Å². The molecular weight excluding hydrogens is 506 g/mol. The third kappa shape index (κ3) is 4.79. The molecule has 11 heteroatoms. The van der Waals surface area contributed by atoms with Crippen molar-refractivity contribution in [2.45, 2.75) is 0 Å². The maximum Gasteiger partial charge on any atom is 0.326 e. The Bertz CT molecular complexity index is 1150. The fraction of sp³-hybridized carbons (Fsp3) is 0. The molecule has 0 aliphatic heterocycles. The molecule has 0 saturated carbocycles. The van der Waals surface area contributed by atoms with Crippen LogP contribution < -0.4 is 16.2 Å². The Morgan fingerprint density at radius 3 is 2.24 bits per heavy atom. The lowest BCUT2D eigenvalue weighted by Crippen LogP contribution is -2.35. The van der Waals surface area contributed by atoms with Crippen molar-refractivity contribution in [3.8, 4) is 5.69 Å². The van der Waals surface area contributed by atoms with E-state index in [0.29, 0.717) is 5.69 Å². The molecule has 0 aliphatic rings. The first kappa shape index (κ1) is 21.3. The van der Waals surface area contributed by atoms with Gasteiger partial charge in [-0.15, -0.1) is 0 Å². The first-order valence-electron chi connectivity index (χ1n) is 7.88. The summed E-state index contributed by atoms with van der Waals surface area (Å²) in [4.78, 5) is 36.9. The fourth-order valence-corrected chi connectivity index (χ4v) is 3.33. The van der Waals surface area contributed by atoms with Gasteiger partial charge in [-0.2, -0.15) is 9.78 Å². The lowest BCUT2D eigenvalue weighted by atomic mass is 10.2. The molecule has 1 heterocycles. The Morgan fingerprint density at radius 2 is 1.62 bits per heavy atom. The number of amides is 3. The number of hydrogen-bond acceptors (Lipinski definition) is 4. The van der Waals surface area contributed by atoms with Crippen LogP contribution in [0.4, 0.5) is 10.5 Å². The number of benzene rings is 2. The minimum atomic E-state index is -0.935. The zero-order chi connectivity index (χ0) is 21.1. The van der Waals surface area contributed by atoms with Gasteiger partial charge in [-0.3, -0.25) is 14.9 Å². The van der Waals surface area contributed by atoms with E-state index in [4.69, 9.17) is 34.8 Å². The fourth-order valence-electron chi connectivity index (χ4n) is 2.32. The summed E-state index contributed by atoms with van der Waals surface area (Å²) < 4.78 is 1.91. The van der Waals surface area contributed by atoms with Crippen LogP contribution in [0.15, 0.2) is 57.9 Å².